The molecular formula is C30H35ClN2O5. The maximum absolute atomic E-state index is 12.1. The van der Waals surface area contributed by atoms with Gasteiger partial charge in [-0.15, -0.1) is 0 Å². The lowest BCUT2D eigenvalue weighted by Gasteiger charge is -2.30. The van der Waals surface area contributed by atoms with Crippen molar-refractivity contribution >= 4 is 45.3 Å². The number of aromatic nitrogens is 1. The van der Waals surface area contributed by atoms with Crippen LogP contribution in [0.4, 0.5) is 0 Å². The van der Waals surface area contributed by atoms with Gasteiger partial charge in [-0.3, -0.25) is 4.79 Å². The molecule has 0 aliphatic carbocycles. The Labute approximate surface area is 228 Å². The topological polar surface area (TPSA) is 104 Å². The third-order valence-electron chi connectivity index (χ3n) is 5.34. The van der Waals surface area contributed by atoms with Crippen molar-refractivity contribution in [2.45, 2.75) is 59.3 Å². The number of halogens is 1. The quantitative estimate of drug-likeness (QED) is 0.286. The fourth-order valence-corrected chi connectivity index (χ4v) is 4.74. The van der Waals surface area contributed by atoms with E-state index >= 15 is 0 Å². The smallest absolute Gasteiger partial charge is 0.341 e. The summed E-state index contributed by atoms with van der Waals surface area (Å²) in [5.41, 5.74) is 8.52. The number of rotatable bonds is 6. The summed E-state index contributed by atoms with van der Waals surface area (Å²) in [6.07, 6.45) is 0. The van der Waals surface area contributed by atoms with E-state index in [1.807, 2.05) is 34.9 Å². The summed E-state index contributed by atoms with van der Waals surface area (Å²) in [6, 6.07) is 18.2. The summed E-state index contributed by atoms with van der Waals surface area (Å²) in [6.45, 7) is 12.4. The van der Waals surface area contributed by atoms with Gasteiger partial charge in [0.05, 0.1) is 27.6 Å². The van der Waals surface area contributed by atoms with Crippen molar-refractivity contribution in [1.82, 2.24) is 4.57 Å². The van der Waals surface area contributed by atoms with Gasteiger partial charge in [0.15, 0.2) is 6.61 Å². The number of nitrogens with two attached hydrogens (primary N) is 1. The Kier molecular flexibility index (Phi) is 8.75. The van der Waals surface area contributed by atoms with E-state index in [0.717, 1.165) is 16.6 Å². The van der Waals surface area contributed by atoms with E-state index in [1.165, 1.54) is 0 Å². The van der Waals surface area contributed by atoms with Crippen LogP contribution in [0.2, 0.25) is 5.02 Å². The maximum Gasteiger partial charge on any atom is 0.341 e. The van der Waals surface area contributed by atoms with Crippen molar-refractivity contribution < 1.29 is 24.2 Å². The lowest BCUT2D eigenvalue weighted by molar-refractivity contribution is -0.139. The van der Waals surface area contributed by atoms with Crippen LogP contribution in [0.5, 0.6) is 5.75 Å². The van der Waals surface area contributed by atoms with Crippen LogP contribution in [0.25, 0.3) is 21.8 Å². The van der Waals surface area contributed by atoms with Gasteiger partial charge >= 0.3 is 5.97 Å². The normalized spacial score (nSPS) is 11.8. The van der Waals surface area contributed by atoms with Crippen LogP contribution in [0.15, 0.2) is 60.7 Å². The van der Waals surface area contributed by atoms with Crippen LogP contribution in [-0.2, 0) is 16.1 Å². The van der Waals surface area contributed by atoms with Crippen LogP contribution in [0.1, 0.15) is 57.5 Å². The van der Waals surface area contributed by atoms with E-state index < -0.39 is 18.5 Å². The number of carbonyl (C=O) groups is 2. The van der Waals surface area contributed by atoms with Crippen molar-refractivity contribution in [1.29, 1.82) is 0 Å². The van der Waals surface area contributed by atoms with Crippen molar-refractivity contribution in [3.8, 4) is 5.75 Å². The number of fused-ring (bicyclic) bond motifs is 3. The Hall–Kier alpha value is -3.55. The number of nitrogens with zero attached hydrogens (tertiary/aromatic N) is 1. The highest BCUT2D eigenvalue weighted by atomic mass is 35.5. The minimum Gasteiger partial charge on any atom is -0.481 e. The minimum atomic E-state index is -1.08. The molecule has 1 heterocycles. The first-order valence-corrected chi connectivity index (χ1v) is 12.7. The molecule has 0 fully saturated rings. The molecule has 0 unspecified atom stereocenters. The molecule has 3 N–H and O–H groups in total. The van der Waals surface area contributed by atoms with Crippen molar-refractivity contribution in [2.24, 2.45) is 5.73 Å². The van der Waals surface area contributed by atoms with Gasteiger partial charge < -0.3 is 24.9 Å². The van der Waals surface area contributed by atoms with Crippen molar-refractivity contribution in [3.05, 3.63) is 76.8 Å². The lowest BCUT2D eigenvalue weighted by Crippen LogP contribution is -2.31. The second-order valence-corrected chi connectivity index (χ2v) is 11.4. The zero-order chi connectivity index (χ0) is 28.3. The molecule has 7 nitrogen and oxygen atoms in total. The Morgan fingerprint density at radius 3 is 2.00 bits per heavy atom. The fourth-order valence-electron chi connectivity index (χ4n) is 4.53. The molecule has 38 heavy (non-hydrogen) atoms. The SMILES string of the molecule is CC(C)(C)OC(C)(C)C.NC(=O)c1cccc2c1c1c(OCC(=O)O)cccc1n2Cc1cccc(Cl)c1. The number of benzene rings is 3. The molecule has 8 heteroatoms. The zero-order valence-electron chi connectivity index (χ0n) is 22.7. The maximum atomic E-state index is 12.1. The minimum absolute atomic E-state index is 0.0156. The zero-order valence-corrected chi connectivity index (χ0v) is 23.4. The Morgan fingerprint density at radius 1 is 0.895 bits per heavy atom. The summed E-state index contributed by atoms with van der Waals surface area (Å²) in [5.74, 6) is -1.27. The Balaban J connectivity index is 0.000000383. The summed E-state index contributed by atoms with van der Waals surface area (Å²) < 4.78 is 13.2. The number of carboxylic acids is 1. The van der Waals surface area contributed by atoms with E-state index in [2.05, 4.69) is 41.5 Å². The molecule has 0 aliphatic rings. The van der Waals surface area contributed by atoms with Gasteiger partial charge in [-0.1, -0.05) is 35.9 Å². The van der Waals surface area contributed by atoms with Gasteiger partial charge in [0, 0.05) is 22.5 Å². The van der Waals surface area contributed by atoms with Gasteiger partial charge in [-0.2, -0.15) is 0 Å². The third-order valence-corrected chi connectivity index (χ3v) is 5.57. The summed E-state index contributed by atoms with van der Waals surface area (Å²) in [4.78, 5) is 23.1. The number of carbonyl (C=O) groups excluding carboxylic acids is 1. The molecule has 1 aromatic heterocycles. The first kappa shape index (κ1) is 29.0. The van der Waals surface area contributed by atoms with Gasteiger partial charge in [-0.25, -0.2) is 4.79 Å². The van der Waals surface area contributed by atoms with Gasteiger partial charge in [0.2, 0.25) is 5.91 Å². The molecular weight excluding hydrogens is 504 g/mol. The number of carboxylic acid groups (broad SMARTS) is 1. The molecule has 202 valence electrons. The molecule has 0 radical (unpaired) electrons. The van der Waals surface area contributed by atoms with E-state index in [-0.39, 0.29) is 11.2 Å². The standard InChI is InChI=1S/C22H17ClN2O4.C8H18O/c23-14-5-1-4-13(10-14)11-25-16-7-2-6-15(22(24)28)20(16)21-17(25)8-3-9-18(21)29-12-19(26)27;1-7(2,3)9-8(4,5)6/h1-10H,11-12H2,(H2,24,28)(H,26,27);1-6H3. The Morgan fingerprint density at radius 2 is 1.47 bits per heavy atom. The summed E-state index contributed by atoms with van der Waals surface area (Å²) in [5, 5.41) is 10.9. The number of aliphatic carboxylic acids is 1. The number of ether oxygens (including phenoxy) is 2. The Bertz CT molecular complexity index is 1450. The van der Waals surface area contributed by atoms with E-state index in [4.69, 9.17) is 31.9 Å². The van der Waals surface area contributed by atoms with Gasteiger partial charge in [-0.05, 0) is 83.5 Å². The molecule has 0 aliphatic heterocycles. The van der Waals surface area contributed by atoms with Crippen LogP contribution >= 0.6 is 11.6 Å². The third kappa shape index (κ3) is 7.49. The molecule has 0 atom stereocenters. The van der Waals surface area contributed by atoms with E-state index in [1.54, 1.807) is 30.3 Å². The molecule has 0 bridgehead atoms. The van der Waals surface area contributed by atoms with Crippen molar-refractivity contribution in [3.63, 3.8) is 0 Å². The van der Waals surface area contributed by atoms with Crippen LogP contribution in [0, 0.1) is 0 Å². The molecule has 3 aromatic carbocycles. The molecule has 0 spiro atoms. The number of primary amides is 1. The highest BCUT2D eigenvalue weighted by Crippen LogP contribution is 2.38. The lowest BCUT2D eigenvalue weighted by atomic mass is 10.1. The van der Waals surface area contributed by atoms with Crippen LogP contribution in [-0.4, -0.2) is 39.4 Å². The number of amides is 1. The predicted molar refractivity (Wildman–Crippen MR) is 152 cm³/mol. The van der Waals surface area contributed by atoms with Gasteiger partial charge in [0.25, 0.3) is 0 Å². The molecule has 0 saturated carbocycles. The summed E-state index contributed by atoms with van der Waals surface area (Å²) >= 11 is 6.14. The number of hydrogen-bond acceptors (Lipinski definition) is 4. The molecule has 4 rings (SSSR count). The average molecular weight is 539 g/mol. The monoisotopic (exact) mass is 538 g/mol. The number of hydrogen-bond donors (Lipinski definition) is 2. The largest absolute Gasteiger partial charge is 0.481 e. The average Bonchev–Trinajstić information content (AvgIpc) is 3.10. The van der Waals surface area contributed by atoms with Crippen LogP contribution in [0.3, 0.4) is 0 Å². The molecule has 0 saturated heterocycles. The van der Waals surface area contributed by atoms with E-state index in [0.29, 0.717) is 33.7 Å². The fraction of sp³-hybridized carbons (Fsp3) is 0.333. The first-order valence-electron chi connectivity index (χ1n) is 12.3. The second-order valence-electron chi connectivity index (χ2n) is 10.9. The van der Waals surface area contributed by atoms with Crippen molar-refractivity contribution in [2.75, 3.05) is 6.61 Å². The predicted octanol–water partition coefficient (Wildman–Crippen LogP) is 6.66. The molecule has 4 aromatic rings. The summed E-state index contributed by atoms with van der Waals surface area (Å²) in [7, 11) is 0. The highest BCUT2D eigenvalue weighted by molar-refractivity contribution is 6.30. The van der Waals surface area contributed by atoms with Crippen LogP contribution < -0.4 is 10.5 Å². The first-order chi connectivity index (χ1) is 17.7. The highest BCUT2D eigenvalue weighted by Gasteiger charge is 2.21. The molecule has 1 amide bonds. The van der Waals surface area contributed by atoms with Gasteiger partial charge in [0.1, 0.15) is 5.75 Å². The van der Waals surface area contributed by atoms with E-state index in [9.17, 15) is 9.59 Å². The second kappa shape index (κ2) is 11.5.